The molecule has 1 atom stereocenters. The summed E-state index contributed by atoms with van der Waals surface area (Å²) in [5.74, 6) is -0.0702. The first kappa shape index (κ1) is 20.7. The summed E-state index contributed by atoms with van der Waals surface area (Å²) in [6, 6.07) is 17.6. The molecular formula is C23H30N2O2. The lowest BCUT2D eigenvalue weighted by Crippen LogP contribution is -2.49. The number of rotatable bonds is 9. The van der Waals surface area contributed by atoms with E-state index in [-0.39, 0.29) is 11.8 Å². The number of carbonyl (C=O) groups excluding carboxylic acids is 2. The number of nitrogens with one attached hydrogen (secondary N) is 1. The van der Waals surface area contributed by atoms with E-state index in [1.54, 1.807) is 4.90 Å². The summed E-state index contributed by atoms with van der Waals surface area (Å²) < 4.78 is 0. The van der Waals surface area contributed by atoms with Gasteiger partial charge in [0.05, 0.1) is 0 Å². The normalized spacial score (nSPS) is 11.7. The average Bonchev–Trinajstić information content (AvgIpc) is 2.67. The Morgan fingerprint density at radius 1 is 1.00 bits per heavy atom. The van der Waals surface area contributed by atoms with Gasteiger partial charge in [0.15, 0.2) is 0 Å². The first-order valence-corrected chi connectivity index (χ1v) is 9.71. The van der Waals surface area contributed by atoms with Gasteiger partial charge in [0.25, 0.3) is 0 Å². The Morgan fingerprint density at radius 2 is 1.70 bits per heavy atom. The molecule has 0 heterocycles. The van der Waals surface area contributed by atoms with Crippen molar-refractivity contribution in [1.29, 1.82) is 0 Å². The molecule has 0 saturated heterocycles. The standard InChI is InChI=1S/C23H30N2O2/c1-4-21(23(27)24-5-2)25(17-20-13-9-10-18(3)16-20)22(26)15-14-19-11-7-6-8-12-19/h6-13,16,21H,4-5,14-15,17H2,1-3H3,(H,24,27)/t21-/m0/s1. The molecule has 2 aromatic rings. The van der Waals surface area contributed by atoms with Gasteiger partial charge in [-0.15, -0.1) is 0 Å². The number of benzene rings is 2. The summed E-state index contributed by atoms with van der Waals surface area (Å²) in [6.07, 6.45) is 1.66. The smallest absolute Gasteiger partial charge is 0.242 e. The van der Waals surface area contributed by atoms with Crippen LogP contribution in [0.1, 0.15) is 43.4 Å². The zero-order chi connectivity index (χ0) is 19.6. The van der Waals surface area contributed by atoms with Crippen molar-refractivity contribution < 1.29 is 9.59 Å². The number of aryl methyl sites for hydroxylation is 2. The average molecular weight is 367 g/mol. The van der Waals surface area contributed by atoms with Crippen LogP contribution in [0.3, 0.4) is 0 Å². The van der Waals surface area contributed by atoms with Crippen LogP contribution in [-0.2, 0) is 22.6 Å². The van der Waals surface area contributed by atoms with Crippen molar-refractivity contribution in [2.45, 2.75) is 52.6 Å². The zero-order valence-corrected chi connectivity index (χ0v) is 16.6. The van der Waals surface area contributed by atoms with Crippen LogP contribution in [0.4, 0.5) is 0 Å². The van der Waals surface area contributed by atoms with E-state index in [2.05, 4.69) is 11.4 Å². The lowest BCUT2D eigenvalue weighted by Gasteiger charge is -2.30. The van der Waals surface area contributed by atoms with E-state index in [9.17, 15) is 9.59 Å². The van der Waals surface area contributed by atoms with Crippen LogP contribution in [0, 0.1) is 6.92 Å². The number of hydrogen-bond acceptors (Lipinski definition) is 2. The van der Waals surface area contributed by atoms with Crippen LogP contribution in [0.25, 0.3) is 0 Å². The van der Waals surface area contributed by atoms with E-state index >= 15 is 0 Å². The van der Waals surface area contributed by atoms with Crippen molar-refractivity contribution in [3.8, 4) is 0 Å². The van der Waals surface area contributed by atoms with Crippen LogP contribution < -0.4 is 5.32 Å². The Hall–Kier alpha value is -2.62. The van der Waals surface area contributed by atoms with Gasteiger partial charge >= 0.3 is 0 Å². The molecule has 0 radical (unpaired) electrons. The van der Waals surface area contributed by atoms with Gasteiger partial charge in [-0.3, -0.25) is 9.59 Å². The van der Waals surface area contributed by atoms with E-state index in [1.165, 1.54) is 0 Å². The predicted octanol–water partition coefficient (Wildman–Crippen LogP) is 3.87. The van der Waals surface area contributed by atoms with Gasteiger partial charge in [-0.1, -0.05) is 67.1 Å². The number of amides is 2. The third kappa shape index (κ3) is 6.24. The maximum atomic E-state index is 13.1. The summed E-state index contributed by atoms with van der Waals surface area (Å²) in [5.41, 5.74) is 3.33. The Bertz CT molecular complexity index is 743. The highest BCUT2D eigenvalue weighted by atomic mass is 16.2. The van der Waals surface area contributed by atoms with Gasteiger partial charge in [-0.2, -0.15) is 0 Å². The minimum atomic E-state index is -0.450. The Morgan fingerprint density at radius 3 is 2.33 bits per heavy atom. The van der Waals surface area contributed by atoms with Gasteiger partial charge in [0, 0.05) is 19.5 Å². The van der Waals surface area contributed by atoms with E-state index in [0.29, 0.717) is 32.4 Å². The monoisotopic (exact) mass is 366 g/mol. The fourth-order valence-electron chi connectivity index (χ4n) is 3.26. The van der Waals surface area contributed by atoms with Crippen molar-refractivity contribution in [2.24, 2.45) is 0 Å². The van der Waals surface area contributed by atoms with Gasteiger partial charge in [-0.25, -0.2) is 0 Å². The molecule has 144 valence electrons. The molecule has 0 unspecified atom stereocenters. The number of nitrogens with zero attached hydrogens (tertiary/aromatic N) is 1. The molecule has 0 saturated carbocycles. The maximum absolute atomic E-state index is 13.1. The van der Waals surface area contributed by atoms with E-state index < -0.39 is 6.04 Å². The van der Waals surface area contributed by atoms with Gasteiger partial charge < -0.3 is 10.2 Å². The second-order valence-electron chi connectivity index (χ2n) is 6.81. The number of likely N-dealkylation sites (N-methyl/N-ethyl adjacent to an activating group) is 1. The second kappa shape index (κ2) is 10.5. The lowest BCUT2D eigenvalue weighted by molar-refractivity contribution is -0.141. The van der Waals surface area contributed by atoms with Crippen LogP contribution >= 0.6 is 0 Å². The Labute approximate surface area is 162 Å². The van der Waals surface area contributed by atoms with Gasteiger partial charge in [0.2, 0.25) is 11.8 Å². The van der Waals surface area contributed by atoms with Crippen LogP contribution in [0.15, 0.2) is 54.6 Å². The first-order valence-electron chi connectivity index (χ1n) is 9.71. The number of hydrogen-bond donors (Lipinski definition) is 1. The highest BCUT2D eigenvalue weighted by Gasteiger charge is 2.28. The van der Waals surface area contributed by atoms with E-state index in [4.69, 9.17) is 0 Å². The molecule has 0 aliphatic carbocycles. The highest BCUT2D eigenvalue weighted by molar-refractivity contribution is 5.87. The van der Waals surface area contributed by atoms with Crippen LogP contribution in [0.5, 0.6) is 0 Å². The molecule has 4 nitrogen and oxygen atoms in total. The molecule has 0 spiro atoms. The second-order valence-corrected chi connectivity index (χ2v) is 6.81. The molecule has 2 aromatic carbocycles. The van der Waals surface area contributed by atoms with Crippen LogP contribution in [-0.4, -0.2) is 29.3 Å². The largest absolute Gasteiger partial charge is 0.355 e. The molecule has 0 fully saturated rings. The SMILES string of the molecule is CCNC(=O)[C@H](CC)N(Cc1cccc(C)c1)C(=O)CCc1ccccc1. The molecule has 4 heteroatoms. The molecule has 27 heavy (non-hydrogen) atoms. The summed E-state index contributed by atoms with van der Waals surface area (Å²) >= 11 is 0. The minimum absolute atomic E-state index is 0.0125. The van der Waals surface area contributed by atoms with E-state index in [1.807, 2.05) is 69.3 Å². The Balaban J connectivity index is 2.18. The topological polar surface area (TPSA) is 49.4 Å². The fourth-order valence-corrected chi connectivity index (χ4v) is 3.26. The minimum Gasteiger partial charge on any atom is -0.355 e. The molecule has 1 N–H and O–H groups in total. The van der Waals surface area contributed by atoms with Crippen molar-refractivity contribution in [1.82, 2.24) is 10.2 Å². The summed E-state index contributed by atoms with van der Waals surface area (Å²) in [6.45, 7) is 6.89. The van der Waals surface area contributed by atoms with E-state index in [0.717, 1.165) is 16.7 Å². The first-order chi connectivity index (χ1) is 13.0. The van der Waals surface area contributed by atoms with Crippen molar-refractivity contribution in [2.75, 3.05) is 6.54 Å². The van der Waals surface area contributed by atoms with Gasteiger partial charge in [-0.05, 0) is 37.8 Å². The van der Waals surface area contributed by atoms with Crippen molar-refractivity contribution in [3.63, 3.8) is 0 Å². The summed E-state index contributed by atoms with van der Waals surface area (Å²) in [7, 11) is 0. The molecule has 0 aliphatic heterocycles. The maximum Gasteiger partial charge on any atom is 0.242 e. The van der Waals surface area contributed by atoms with Gasteiger partial charge in [0.1, 0.15) is 6.04 Å². The van der Waals surface area contributed by atoms with Crippen molar-refractivity contribution >= 4 is 11.8 Å². The quantitative estimate of drug-likeness (QED) is 0.732. The lowest BCUT2D eigenvalue weighted by atomic mass is 10.1. The summed E-state index contributed by atoms with van der Waals surface area (Å²) in [4.78, 5) is 27.3. The fraction of sp³-hybridized carbons (Fsp3) is 0.391. The third-order valence-corrected chi connectivity index (χ3v) is 4.64. The Kier molecular flexibility index (Phi) is 8.05. The van der Waals surface area contributed by atoms with Crippen LogP contribution in [0.2, 0.25) is 0 Å². The molecular weight excluding hydrogens is 336 g/mol. The third-order valence-electron chi connectivity index (χ3n) is 4.64. The zero-order valence-electron chi connectivity index (χ0n) is 16.6. The molecule has 2 rings (SSSR count). The molecule has 2 amide bonds. The predicted molar refractivity (Wildman–Crippen MR) is 109 cm³/mol. The molecule has 0 bridgehead atoms. The molecule has 0 aromatic heterocycles. The highest BCUT2D eigenvalue weighted by Crippen LogP contribution is 2.16. The molecule has 0 aliphatic rings. The number of carbonyl (C=O) groups is 2. The van der Waals surface area contributed by atoms with Crippen molar-refractivity contribution in [3.05, 3.63) is 71.3 Å². The summed E-state index contributed by atoms with van der Waals surface area (Å²) in [5, 5.41) is 2.87.